The van der Waals surface area contributed by atoms with Gasteiger partial charge in [-0.3, -0.25) is 9.59 Å². The van der Waals surface area contributed by atoms with Crippen LogP contribution in [0.15, 0.2) is 24.3 Å². The Labute approximate surface area is 99.8 Å². The quantitative estimate of drug-likeness (QED) is 0.638. The predicted molar refractivity (Wildman–Crippen MR) is 63.5 cm³/mol. The molecule has 0 aromatic heterocycles. The Bertz CT molecular complexity index is 404. The summed E-state index contributed by atoms with van der Waals surface area (Å²) < 4.78 is 0. The van der Waals surface area contributed by atoms with Gasteiger partial charge in [-0.25, -0.2) is 0 Å². The highest BCUT2D eigenvalue weighted by Crippen LogP contribution is 2.15. The summed E-state index contributed by atoms with van der Waals surface area (Å²) >= 11 is 0. The van der Waals surface area contributed by atoms with Gasteiger partial charge in [0.05, 0.1) is 6.42 Å². The molecule has 3 N–H and O–H groups in total. The van der Waals surface area contributed by atoms with Crippen molar-refractivity contribution in [2.45, 2.75) is 13.3 Å². The highest BCUT2D eigenvalue weighted by molar-refractivity contribution is 5.79. The molecule has 0 fully saturated rings. The molecule has 0 unspecified atom stereocenters. The maximum atomic E-state index is 11.5. The number of carbonyl (C=O) groups is 2. The molecule has 92 valence electrons. The number of phenolic OH excluding ortho intramolecular Hbond substituents is 1. The van der Waals surface area contributed by atoms with E-state index in [9.17, 15) is 14.7 Å². The smallest absolute Gasteiger partial charge is 0.224 e. The number of hydrogen-bond donors (Lipinski definition) is 3. The average molecular weight is 236 g/mol. The predicted octanol–water partition coefficient (Wildman–Crippen LogP) is 0.187. The molecule has 0 bridgehead atoms. The summed E-state index contributed by atoms with van der Waals surface area (Å²) in [7, 11) is 0. The van der Waals surface area contributed by atoms with E-state index in [1.54, 1.807) is 24.3 Å². The van der Waals surface area contributed by atoms with Crippen LogP contribution < -0.4 is 10.6 Å². The average Bonchev–Trinajstić information content (AvgIpc) is 2.27. The number of amides is 2. The summed E-state index contributed by atoms with van der Waals surface area (Å²) in [6.07, 6.45) is 0.132. The van der Waals surface area contributed by atoms with Crippen LogP contribution in [-0.2, 0) is 16.0 Å². The van der Waals surface area contributed by atoms with Crippen molar-refractivity contribution in [3.05, 3.63) is 29.8 Å². The first-order chi connectivity index (χ1) is 8.09. The van der Waals surface area contributed by atoms with E-state index >= 15 is 0 Å². The van der Waals surface area contributed by atoms with E-state index in [4.69, 9.17) is 0 Å². The van der Waals surface area contributed by atoms with Gasteiger partial charge in [-0.15, -0.1) is 0 Å². The van der Waals surface area contributed by atoms with Crippen molar-refractivity contribution in [2.75, 3.05) is 13.1 Å². The van der Waals surface area contributed by atoms with Crippen LogP contribution in [0.3, 0.4) is 0 Å². The number of rotatable bonds is 5. The fourth-order valence-electron chi connectivity index (χ4n) is 1.34. The molecule has 0 aliphatic rings. The lowest BCUT2D eigenvalue weighted by Crippen LogP contribution is -2.34. The van der Waals surface area contributed by atoms with Gasteiger partial charge in [-0.2, -0.15) is 0 Å². The number of carbonyl (C=O) groups excluding carboxylic acids is 2. The molecule has 0 heterocycles. The van der Waals surface area contributed by atoms with Crippen LogP contribution in [0.2, 0.25) is 0 Å². The van der Waals surface area contributed by atoms with Gasteiger partial charge in [-0.1, -0.05) is 18.2 Å². The van der Waals surface area contributed by atoms with Crippen molar-refractivity contribution >= 4 is 11.8 Å². The van der Waals surface area contributed by atoms with Crippen LogP contribution in [0, 0.1) is 0 Å². The van der Waals surface area contributed by atoms with E-state index in [0.29, 0.717) is 18.7 Å². The van der Waals surface area contributed by atoms with Crippen LogP contribution in [-0.4, -0.2) is 30.0 Å². The molecule has 1 rings (SSSR count). The van der Waals surface area contributed by atoms with E-state index in [1.807, 2.05) is 0 Å². The van der Waals surface area contributed by atoms with Crippen molar-refractivity contribution < 1.29 is 14.7 Å². The first kappa shape index (κ1) is 13.0. The summed E-state index contributed by atoms with van der Waals surface area (Å²) in [6.45, 7) is 2.21. The third-order valence-corrected chi connectivity index (χ3v) is 2.16. The molecule has 0 radical (unpaired) electrons. The Balaban J connectivity index is 2.30. The zero-order valence-corrected chi connectivity index (χ0v) is 9.69. The van der Waals surface area contributed by atoms with E-state index in [-0.39, 0.29) is 24.0 Å². The van der Waals surface area contributed by atoms with Crippen LogP contribution in [0.5, 0.6) is 5.75 Å². The van der Waals surface area contributed by atoms with Crippen molar-refractivity contribution in [3.63, 3.8) is 0 Å². The van der Waals surface area contributed by atoms with Crippen LogP contribution in [0.1, 0.15) is 12.5 Å². The number of hydrogen-bond acceptors (Lipinski definition) is 3. The summed E-state index contributed by atoms with van der Waals surface area (Å²) in [5, 5.41) is 14.7. The van der Waals surface area contributed by atoms with E-state index < -0.39 is 0 Å². The fraction of sp³-hybridized carbons (Fsp3) is 0.333. The summed E-state index contributed by atoms with van der Waals surface area (Å²) in [6, 6.07) is 6.70. The lowest BCUT2D eigenvalue weighted by atomic mass is 10.1. The van der Waals surface area contributed by atoms with Gasteiger partial charge in [0.25, 0.3) is 0 Å². The van der Waals surface area contributed by atoms with Gasteiger partial charge in [-0.05, 0) is 6.07 Å². The maximum absolute atomic E-state index is 11.5. The van der Waals surface area contributed by atoms with Gasteiger partial charge in [0.1, 0.15) is 5.75 Å². The molecule has 0 aliphatic heterocycles. The maximum Gasteiger partial charge on any atom is 0.224 e. The van der Waals surface area contributed by atoms with E-state index in [0.717, 1.165) is 0 Å². The Morgan fingerprint density at radius 3 is 2.47 bits per heavy atom. The molecule has 5 nitrogen and oxygen atoms in total. The number of aromatic hydroxyl groups is 1. The van der Waals surface area contributed by atoms with Gasteiger partial charge in [0.15, 0.2) is 0 Å². The topological polar surface area (TPSA) is 78.4 Å². The van der Waals surface area contributed by atoms with Crippen molar-refractivity contribution in [1.29, 1.82) is 0 Å². The lowest BCUT2D eigenvalue weighted by molar-refractivity contribution is -0.121. The molecule has 1 aromatic carbocycles. The fourth-order valence-corrected chi connectivity index (χ4v) is 1.34. The molecule has 0 spiro atoms. The highest BCUT2D eigenvalue weighted by atomic mass is 16.3. The Morgan fingerprint density at radius 2 is 1.82 bits per heavy atom. The molecule has 1 aromatic rings. The Hall–Kier alpha value is -2.04. The monoisotopic (exact) mass is 236 g/mol. The lowest BCUT2D eigenvalue weighted by Gasteiger charge is -2.06. The molecule has 17 heavy (non-hydrogen) atoms. The molecule has 2 amide bonds. The van der Waals surface area contributed by atoms with Crippen molar-refractivity contribution in [3.8, 4) is 5.75 Å². The second-order valence-electron chi connectivity index (χ2n) is 3.64. The zero-order valence-electron chi connectivity index (χ0n) is 9.69. The molecule has 0 saturated heterocycles. The van der Waals surface area contributed by atoms with E-state index in [1.165, 1.54) is 6.92 Å². The number of para-hydroxylation sites is 1. The van der Waals surface area contributed by atoms with Gasteiger partial charge < -0.3 is 15.7 Å². The van der Waals surface area contributed by atoms with Crippen molar-refractivity contribution in [2.24, 2.45) is 0 Å². The second kappa shape index (κ2) is 6.52. The number of phenols is 1. The largest absolute Gasteiger partial charge is 0.508 e. The third-order valence-electron chi connectivity index (χ3n) is 2.16. The van der Waals surface area contributed by atoms with Gasteiger partial charge in [0, 0.05) is 25.6 Å². The molecule has 0 saturated carbocycles. The summed E-state index contributed by atoms with van der Waals surface area (Å²) in [5.74, 6) is -0.193. The Morgan fingerprint density at radius 1 is 1.18 bits per heavy atom. The first-order valence-electron chi connectivity index (χ1n) is 5.37. The normalized spacial score (nSPS) is 9.71. The molecular weight excluding hydrogens is 220 g/mol. The SMILES string of the molecule is CC(=O)NCCNC(=O)Cc1ccccc1O. The standard InChI is InChI=1S/C12H16N2O3/c1-9(15)13-6-7-14-12(17)8-10-4-2-3-5-11(10)16/h2-5,16H,6-8H2,1H3,(H,13,15)(H,14,17). The molecular formula is C12H16N2O3. The van der Waals surface area contributed by atoms with Crippen LogP contribution >= 0.6 is 0 Å². The summed E-state index contributed by atoms with van der Waals surface area (Å²) in [5.41, 5.74) is 0.588. The Kier molecular flexibility index (Phi) is 5.00. The van der Waals surface area contributed by atoms with Gasteiger partial charge in [0.2, 0.25) is 11.8 Å². The van der Waals surface area contributed by atoms with Crippen molar-refractivity contribution in [1.82, 2.24) is 10.6 Å². The minimum Gasteiger partial charge on any atom is -0.508 e. The number of nitrogens with one attached hydrogen (secondary N) is 2. The van der Waals surface area contributed by atoms with Crippen LogP contribution in [0.4, 0.5) is 0 Å². The summed E-state index contributed by atoms with van der Waals surface area (Å²) in [4.78, 5) is 22.0. The molecule has 0 aliphatic carbocycles. The van der Waals surface area contributed by atoms with Gasteiger partial charge >= 0.3 is 0 Å². The molecule has 0 atom stereocenters. The number of benzene rings is 1. The first-order valence-corrected chi connectivity index (χ1v) is 5.37. The van der Waals surface area contributed by atoms with E-state index in [2.05, 4.69) is 10.6 Å². The third kappa shape index (κ3) is 5.01. The molecule has 5 heteroatoms. The minimum absolute atomic E-state index is 0.115. The second-order valence-corrected chi connectivity index (χ2v) is 3.64. The highest BCUT2D eigenvalue weighted by Gasteiger charge is 2.06. The minimum atomic E-state index is -0.183. The zero-order chi connectivity index (χ0) is 12.7. The van der Waals surface area contributed by atoms with Crippen LogP contribution in [0.25, 0.3) is 0 Å².